The van der Waals surface area contributed by atoms with Crippen molar-refractivity contribution in [1.29, 1.82) is 0 Å². The monoisotopic (exact) mass is 342 g/mol. The molecule has 1 rings (SSSR count). The summed E-state index contributed by atoms with van der Waals surface area (Å²) in [7, 11) is -2.44. The zero-order chi connectivity index (χ0) is 17.6. The minimum Gasteiger partial charge on any atom is -0.495 e. The first-order valence-corrected chi connectivity index (χ1v) is 9.17. The van der Waals surface area contributed by atoms with Gasteiger partial charge in [-0.3, -0.25) is 4.79 Å². The van der Waals surface area contributed by atoms with Gasteiger partial charge in [0.15, 0.2) is 0 Å². The standard InChI is InChI=1S/C16H26N2O4S/c1-6-7-12(3)17-16(19)13(4)18-23(20,21)15-10-11(2)8-9-14(15)22-5/h8-10,12-13,18H,6-7H2,1-5H3,(H,17,19). The van der Waals surface area contributed by atoms with Gasteiger partial charge in [-0.05, 0) is 44.9 Å². The number of amides is 1. The Morgan fingerprint density at radius 1 is 1.30 bits per heavy atom. The number of methoxy groups -OCH3 is 1. The van der Waals surface area contributed by atoms with Crippen molar-refractivity contribution in [2.45, 2.75) is 57.5 Å². The third-order valence-corrected chi connectivity index (χ3v) is 5.01. The lowest BCUT2D eigenvalue weighted by atomic mass is 10.2. The van der Waals surface area contributed by atoms with Gasteiger partial charge < -0.3 is 10.1 Å². The van der Waals surface area contributed by atoms with Crippen LogP contribution in [0.1, 0.15) is 39.2 Å². The maximum Gasteiger partial charge on any atom is 0.244 e. The van der Waals surface area contributed by atoms with Crippen molar-refractivity contribution in [2.24, 2.45) is 0 Å². The first-order chi connectivity index (χ1) is 10.7. The van der Waals surface area contributed by atoms with Gasteiger partial charge in [0.05, 0.1) is 13.2 Å². The van der Waals surface area contributed by atoms with Crippen molar-refractivity contribution in [2.75, 3.05) is 7.11 Å². The van der Waals surface area contributed by atoms with Gasteiger partial charge in [-0.2, -0.15) is 4.72 Å². The quantitative estimate of drug-likeness (QED) is 0.756. The molecule has 0 aliphatic heterocycles. The average molecular weight is 342 g/mol. The molecule has 1 aromatic carbocycles. The van der Waals surface area contributed by atoms with Gasteiger partial charge in [0.2, 0.25) is 15.9 Å². The molecular formula is C16H26N2O4S. The number of hydrogen-bond donors (Lipinski definition) is 2. The lowest BCUT2D eigenvalue weighted by Crippen LogP contribution is -2.47. The summed E-state index contributed by atoms with van der Waals surface area (Å²) in [4.78, 5) is 12.1. The third kappa shape index (κ3) is 5.51. The van der Waals surface area contributed by atoms with Crippen LogP contribution in [0, 0.1) is 6.92 Å². The molecule has 23 heavy (non-hydrogen) atoms. The molecule has 2 N–H and O–H groups in total. The number of carbonyl (C=O) groups is 1. The summed E-state index contributed by atoms with van der Waals surface area (Å²) in [6.45, 7) is 7.24. The zero-order valence-electron chi connectivity index (χ0n) is 14.3. The first kappa shape index (κ1) is 19.4. The summed E-state index contributed by atoms with van der Waals surface area (Å²) in [6.07, 6.45) is 1.79. The minimum absolute atomic E-state index is 0.00737. The second-order valence-corrected chi connectivity index (χ2v) is 7.38. The van der Waals surface area contributed by atoms with E-state index in [1.54, 1.807) is 19.1 Å². The van der Waals surface area contributed by atoms with Gasteiger partial charge in [0.25, 0.3) is 0 Å². The highest BCUT2D eigenvalue weighted by molar-refractivity contribution is 7.89. The lowest BCUT2D eigenvalue weighted by Gasteiger charge is -2.19. The molecule has 0 saturated carbocycles. The van der Waals surface area contributed by atoms with Crippen molar-refractivity contribution in [3.63, 3.8) is 0 Å². The van der Waals surface area contributed by atoms with Gasteiger partial charge in [0.1, 0.15) is 10.6 Å². The molecule has 1 aromatic rings. The van der Waals surface area contributed by atoms with E-state index in [1.165, 1.54) is 20.1 Å². The number of sulfonamides is 1. The van der Waals surface area contributed by atoms with E-state index in [-0.39, 0.29) is 22.6 Å². The molecule has 0 fully saturated rings. The van der Waals surface area contributed by atoms with E-state index in [4.69, 9.17) is 4.74 Å². The van der Waals surface area contributed by atoms with Crippen molar-refractivity contribution < 1.29 is 17.9 Å². The second-order valence-electron chi connectivity index (χ2n) is 5.70. The van der Waals surface area contributed by atoms with Crippen LogP contribution in [-0.2, 0) is 14.8 Å². The Labute approximate surface area is 138 Å². The molecule has 2 atom stereocenters. The van der Waals surface area contributed by atoms with Crippen molar-refractivity contribution in [3.8, 4) is 5.75 Å². The number of nitrogens with one attached hydrogen (secondary N) is 2. The number of rotatable bonds is 8. The van der Waals surface area contributed by atoms with Gasteiger partial charge in [0, 0.05) is 6.04 Å². The van der Waals surface area contributed by atoms with E-state index in [0.29, 0.717) is 0 Å². The van der Waals surface area contributed by atoms with Crippen molar-refractivity contribution >= 4 is 15.9 Å². The van der Waals surface area contributed by atoms with Crippen LogP contribution >= 0.6 is 0 Å². The summed E-state index contributed by atoms with van der Waals surface area (Å²) in [5.74, 6) is -0.101. The topological polar surface area (TPSA) is 84.5 Å². The Bertz CT molecular complexity index is 643. The van der Waals surface area contributed by atoms with Crippen LogP contribution in [0.4, 0.5) is 0 Å². The maximum atomic E-state index is 12.5. The van der Waals surface area contributed by atoms with Crippen molar-refractivity contribution in [1.82, 2.24) is 10.0 Å². The third-order valence-electron chi connectivity index (χ3n) is 3.44. The SMILES string of the molecule is CCCC(C)NC(=O)C(C)NS(=O)(=O)c1cc(C)ccc1OC. The predicted octanol–water partition coefficient (Wildman–Crippen LogP) is 1.98. The van der Waals surface area contributed by atoms with E-state index in [0.717, 1.165) is 18.4 Å². The van der Waals surface area contributed by atoms with E-state index in [1.807, 2.05) is 13.8 Å². The summed E-state index contributed by atoms with van der Waals surface area (Å²) < 4.78 is 32.5. The normalized spacial score (nSPS) is 14.1. The van der Waals surface area contributed by atoms with Crippen molar-refractivity contribution in [3.05, 3.63) is 23.8 Å². The van der Waals surface area contributed by atoms with Crippen LogP contribution in [-0.4, -0.2) is 33.5 Å². The second kappa shape index (κ2) is 8.31. The molecule has 0 aliphatic carbocycles. The van der Waals surface area contributed by atoms with Crippen LogP contribution < -0.4 is 14.8 Å². The van der Waals surface area contributed by atoms with E-state index in [2.05, 4.69) is 10.0 Å². The van der Waals surface area contributed by atoms with E-state index in [9.17, 15) is 13.2 Å². The smallest absolute Gasteiger partial charge is 0.244 e. The zero-order valence-corrected chi connectivity index (χ0v) is 15.2. The Morgan fingerprint density at radius 3 is 2.52 bits per heavy atom. The Morgan fingerprint density at radius 2 is 1.96 bits per heavy atom. The van der Waals surface area contributed by atoms with Crippen LogP contribution in [0.5, 0.6) is 5.75 Å². The number of aryl methyl sites for hydroxylation is 1. The molecule has 0 radical (unpaired) electrons. The molecule has 0 saturated heterocycles. The van der Waals surface area contributed by atoms with Gasteiger partial charge in [-0.1, -0.05) is 19.4 Å². The molecule has 2 unspecified atom stereocenters. The molecule has 0 bridgehead atoms. The number of hydrogen-bond acceptors (Lipinski definition) is 4. The highest BCUT2D eigenvalue weighted by Crippen LogP contribution is 2.24. The summed E-state index contributed by atoms with van der Waals surface area (Å²) in [6, 6.07) is 4.02. The van der Waals surface area contributed by atoms with Gasteiger partial charge in [-0.15, -0.1) is 0 Å². The van der Waals surface area contributed by atoms with Crippen LogP contribution in [0.15, 0.2) is 23.1 Å². The molecular weight excluding hydrogens is 316 g/mol. The minimum atomic E-state index is -3.85. The Kier molecular flexibility index (Phi) is 7.02. The van der Waals surface area contributed by atoms with Gasteiger partial charge >= 0.3 is 0 Å². The molecule has 0 spiro atoms. The molecule has 0 aliphatic rings. The summed E-state index contributed by atoms with van der Waals surface area (Å²) in [5, 5.41) is 2.80. The van der Waals surface area contributed by atoms with Crippen LogP contribution in [0.25, 0.3) is 0 Å². The molecule has 6 nitrogen and oxygen atoms in total. The first-order valence-electron chi connectivity index (χ1n) is 7.68. The highest BCUT2D eigenvalue weighted by Gasteiger charge is 2.25. The molecule has 0 heterocycles. The lowest BCUT2D eigenvalue weighted by molar-refractivity contribution is -0.123. The molecule has 130 valence electrons. The Hall–Kier alpha value is -1.60. The molecule has 7 heteroatoms. The fourth-order valence-corrected chi connectivity index (χ4v) is 3.67. The van der Waals surface area contributed by atoms with Crippen LogP contribution in [0.2, 0.25) is 0 Å². The highest BCUT2D eigenvalue weighted by atomic mass is 32.2. The number of benzene rings is 1. The summed E-state index contributed by atoms with van der Waals surface area (Å²) >= 11 is 0. The predicted molar refractivity (Wildman–Crippen MR) is 90.0 cm³/mol. The average Bonchev–Trinajstić information content (AvgIpc) is 2.46. The summed E-state index contributed by atoms with van der Waals surface area (Å²) in [5.41, 5.74) is 0.792. The fraction of sp³-hybridized carbons (Fsp3) is 0.562. The van der Waals surface area contributed by atoms with E-state index >= 15 is 0 Å². The van der Waals surface area contributed by atoms with Gasteiger partial charge in [-0.25, -0.2) is 8.42 Å². The largest absolute Gasteiger partial charge is 0.495 e. The fourth-order valence-electron chi connectivity index (χ4n) is 2.22. The Balaban J connectivity index is 2.90. The van der Waals surface area contributed by atoms with Crippen LogP contribution in [0.3, 0.4) is 0 Å². The molecule has 1 amide bonds. The molecule has 0 aromatic heterocycles. The number of carbonyl (C=O) groups excluding carboxylic acids is 1. The number of ether oxygens (including phenoxy) is 1. The van der Waals surface area contributed by atoms with E-state index < -0.39 is 16.1 Å². The maximum absolute atomic E-state index is 12.5.